The number of methoxy groups -OCH3 is 1. The fourth-order valence-corrected chi connectivity index (χ4v) is 0.616. The monoisotopic (exact) mass is 155 g/mol. The van der Waals surface area contributed by atoms with Crippen LogP contribution in [0.2, 0.25) is 0 Å². The Morgan fingerprint density at radius 2 is 2.09 bits per heavy atom. The summed E-state index contributed by atoms with van der Waals surface area (Å²) in [5.74, 6) is -0.352. The zero-order valence-electron chi connectivity index (χ0n) is 7.13. The van der Waals surface area contributed by atoms with Crippen LogP contribution < -0.4 is 0 Å². The van der Waals surface area contributed by atoms with Gasteiger partial charge in [-0.05, 0) is 6.08 Å². The highest BCUT2D eigenvalue weighted by atomic mass is 16.5. The number of nitrogens with zero attached hydrogens (tertiary/aromatic N) is 1. The van der Waals surface area contributed by atoms with Crippen LogP contribution in [0.1, 0.15) is 0 Å². The average Bonchev–Trinajstić information content (AvgIpc) is 1.98. The lowest BCUT2D eigenvalue weighted by atomic mass is 10.3. The molecule has 3 nitrogen and oxygen atoms in total. The summed E-state index contributed by atoms with van der Waals surface area (Å²) < 4.78 is 4.53. The summed E-state index contributed by atoms with van der Waals surface area (Å²) in [6, 6.07) is 0. The van der Waals surface area contributed by atoms with E-state index in [1.165, 1.54) is 7.11 Å². The lowest BCUT2D eigenvalue weighted by molar-refractivity contribution is -0.137. The van der Waals surface area contributed by atoms with Crippen LogP contribution in [-0.4, -0.2) is 32.1 Å². The van der Waals surface area contributed by atoms with Gasteiger partial charge in [0.2, 0.25) is 0 Å². The molecule has 0 aliphatic rings. The Kier molecular flexibility index (Phi) is 4.03. The van der Waals surface area contributed by atoms with E-state index in [1.54, 1.807) is 31.1 Å². The van der Waals surface area contributed by atoms with E-state index in [2.05, 4.69) is 11.3 Å². The highest BCUT2D eigenvalue weighted by Crippen LogP contribution is 2.00. The number of esters is 1. The molecule has 0 aliphatic carbocycles. The topological polar surface area (TPSA) is 29.5 Å². The summed E-state index contributed by atoms with van der Waals surface area (Å²) in [7, 11) is 4.89. The zero-order chi connectivity index (χ0) is 8.85. The third-order valence-electron chi connectivity index (χ3n) is 1.15. The third-order valence-corrected chi connectivity index (χ3v) is 1.15. The maximum absolute atomic E-state index is 11.0. The van der Waals surface area contributed by atoms with Gasteiger partial charge in [-0.1, -0.05) is 12.7 Å². The number of likely N-dealkylation sites (N-methyl/N-ethyl adjacent to an activating group) is 1. The maximum atomic E-state index is 11.0. The number of carbonyl (C=O) groups is 1. The van der Waals surface area contributed by atoms with Crippen LogP contribution in [0, 0.1) is 0 Å². The number of allylic oxidation sites excluding steroid dienone is 2. The van der Waals surface area contributed by atoms with E-state index in [4.69, 9.17) is 0 Å². The van der Waals surface area contributed by atoms with E-state index >= 15 is 0 Å². The molecule has 62 valence electrons. The molecule has 0 aromatic rings. The Balaban J connectivity index is 4.47. The Bertz CT molecular complexity index is 183. The van der Waals surface area contributed by atoms with Gasteiger partial charge >= 0.3 is 5.97 Å². The molecule has 11 heavy (non-hydrogen) atoms. The van der Waals surface area contributed by atoms with Crippen molar-refractivity contribution >= 4 is 5.97 Å². The molecule has 0 radical (unpaired) electrons. The van der Waals surface area contributed by atoms with Crippen LogP contribution in [0.5, 0.6) is 0 Å². The van der Waals surface area contributed by atoms with Crippen molar-refractivity contribution in [3.05, 3.63) is 24.4 Å². The van der Waals surface area contributed by atoms with Crippen molar-refractivity contribution in [2.24, 2.45) is 0 Å². The van der Waals surface area contributed by atoms with E-state index in [9.17, 15) is 4.79 Å². The molecule has 0 heterocycles. The van der Waals surface area contributed by atoms with Gasteiger partial charge in [-0.15, -0.1) is 0 Å². The van der Waals surface area contributed by atoms with Gasteiger partial charge in [-0.25, -0.2) is 4.79 Å². The molecule has 0 rings (SSSR count). The molecule has 0 saturated heterocycles. The van der Waals surface area contributed by atoms with Crippen LogP contribution in [-0.2, 0) is 9.53 Å². The minimum atomic E-state index is -0.352. The summed E-state index contributed by atoms with van der Waals surface area (Å²) in [6.45, 7) is 3.49. The summed E-state index contributed by atoms with van der Waals surface area (Å²) in [5.41, 5.74) is 0.488. The van der Waals surface area contributed by atoms with Gasteiger partial charge in [0.05, 0.1) is 7.11 Å². The molecule has 0 spiro atoms. The van der Waals surface area contributed by atoms with Gasteiger partial charge in [0.25, 0.3) is 0 Å². The van der Waals surface area contributed by atoms with Crippen molar-refractivity contribution in [1.29, 1.82) is 0 Å². The highest BCUT2D eigenvalue weighted by molar-refractivity contribution is 5.87. The Labute approximate surface area is 66.9 Å². The summed E-state index contributed by atoms with van der Waals surface area (Å²) in [5, 5.41) is 0. The normalized spacial score (nSPS) is 10.6. The van der Waals surface area contributed by atoms with Gasteiger partial charge in [0, 0.05) is 14.1 Å². The van der Waals surface area contributed by atoms with Crippen molar-refractivity contribution in [1.82, 2.24) is 4.90 Å². The molecule has 0 atom stereocenters. The number of carbonyl (C=O) groups excluding carboxylic acids is 1. The van der Waals surface area contributed by atoms with Crippen molar-refractivity contribution in [3.63, 3.8) is 0 Å². The maximum Gasteiger partial charge on any atom is 0.354 e. The second-order valence-electron chi connectivity index (χ2n) is 2.17. The fraction of sp³-hybridized carbons (Fsp3) is 0.375. The molecule has 0 aromatic heterocycles. The average molecular weight is 155 g/mol. The standard InChI is InChI=1S/C8H13NO2/c1-5-6-7(9(2)3)8(10)11-4/h5-6H,1H2,2-4H3. The van der Waals surface area contributed by atoms with Crippen LogP contribution in [0.4, 0.5) is 0 Å². The van der Waals surface area contributed by atoms with E-state index < -0.39 is 0 Å². The molecule has 0 amide bonds. The summed E-state index contributed by atoms with van der Waals surface area (Å²) >= 11 is 0. The number of hydrogen-bond donors (Lipinski definition) is 0. The van der Waals surface area contributed by atoms with Gasteiger partial charge in [-0.3, -0.25) is 0 Å². The van der Waals surface area contributed by atoms with Gasteiger partial charge in [-0.2, -0.15) is 0 Å². The minimum Gasteiger partial charge on any atom is -0.464 e. The molecule has 0 aliphatic heterocycles. The Hall–Kier alpha value is -1.25. The van der Waals surface area contributed by atoms with E-state index in [1.807, 2.05) is 0 Å². The van der Waals surface area contributed by atoms with Crippen molar-refractivity contribution < 1.29 is 9.53 Å². The van der Waals surface area contributed by atoms with Crippen LogP contribution in [0.25, 0.3) is 0 Å². The van der Waals surface area contributed by atoms with Gasteiger partial charge in [0.1, 0.15) is 5.70 Å². The highest BCUT2D eigenvalue weighted by Gasteiger charge is 2.09. The quantitative estimate of drug-likeness (QED) is 0.343. The first kappa shape index (κ1) is 9.75. The fourth-order valence-electron chi connectivity index (χ4n) is 0.616. The summed E-state index contributed by atoms with van der Waals surface area (Å²) in [4.78, 5) is 12.6. The number of ether oxygens (including phenoxy) is 1. The molecule has 3 heteroatoms. The smallest absolute Gasteiger partial charge is 0.354 e. The molecule has 0 aromatic carbocycles. The second kappa shape index (κ2) is 4.55. The largest absolute Gasteiger partial charge is 0.464 e. The van der Waals surface area contributed by atoms with E-state index in [-0.39, 0.29) is 5.97 Å². The molecular weight excluding hydrogens is 142 g/mol. The number of rotatable bonds is 3. The lowest BCUT2D eigenvalue weighted by Gasteiger charge is -2.13. The molecule has 0 fully saturated rings. The first-order chi connectivity index (χ1) is 5.13. The van der Waals surface area contributed by atoms with E-state index in [0.29, 0.717) is 5.70 Å². The zero-order valence-corrected chi connectivity index (χ0v) is 7.13. The second-order valence-corrected chi connectivity index (χ2v) is 2.17. The van der Waals surface area contributed by atoms with Gasteiger partial charge in [0.15, 0.2) is 0 Å². The lowest BCUT2D eigenvalue weighted by Crippen LogP contribution is -2.20. The van der Waals surface area contributed by atoms with E-state index in [0.717, 1.165) is 0 Å². The predicted octanol–water partition coefficient (Wildman–Crippen LogP) is 0.791. The number of hydrogen-bond acceptors (Lipinski definition) is 3. The van der Waals surface area contributed by atoms with Gasteiger partial charge < -0.3 is 9.64 Å². The first-order valence-electron chi connectivity index (χ1n) is 3.21. The Morgan fingerprint density at radius 3 is 2.36 bits per heavy atom. The Morgan fingerprint density at radius 1 is 1.55 bits per heavy atom. The third kappa shape index (κ3) is 2.89. The van der Waals surface area contributed by atoms with Crippen molar-refractivity contribution in [3.8, 4) is 0 Å². The molecule has 0 unspecified atom stereocenters. The molecule has 0 saturated carbocycles. The first-order valence-corrected chi connectivity index (χ1v) is 3.21. The van der Waals surface area contributed by atoms with Crippen LogP contribution >= 0.6 is 0 Å². The van der Waals surface area contributed by atoms with Crippen molar-refractivity contribution in [2.45, 2.75) is 0 Å². The van der Waals surface area contributed by atoms with Crippen molar-refractivity contribution in [2.75, 3.05) is 21.2 Å². The minimum absolute atomic E-state index is 0.352. The summed E-state index contributed by atoms with van der Waals surface area (Å²) in [6.07, 6.45) is 3.15. The van der Waals surface area contributed by atoms with Crippen LogP contribution in [0.3, 0.4) is 0 Å². The predicted molar refractivity (Wildman–Crippen MR) is 44.0 cm³/mol. The molecule has 0 N–H and O–H groups in total. The SMILES string of the molecule is C=CC=C(C(=O)OC)N(C)C. The molecular formula is C8H13NO2. The molecule has 0 bridgehead atoms. The van der Waals surface area contributed by atoms with Crippen LogP contribution in [0.15, 0.2) is 24.4 Å².